The number of likely N-dealkylation sites (tertiary alicyclic amines) is 1. The second kappa shape index (κ2) is 10.4. The first-order valence-electron chi connectivity index (χ1n) is 11.2. The van der Waals surface area contributed by atoms with Gasteiger partial charge in [-0.2, -0.15) is 0 Å². The van der Waals surface area contributed by atoms with Gasteiger partial charge in [0.2, 0.25) is 0 Å². The highest BCUT2D eigenvalue weighted by atomic mass is 16.5. The zero-order valence-corrected chi connectivity index (χ0v) is 18.5. The summed E-state index contributed by atoms with van der Waals surface area (Å²) >= 11 is 0. The van der Waals surface area contributed by atoms with E-state index in [2.05, 4.69) is 41.4 Å². The van der Waals surface area contributed by atoms with Crippen molar-refractivity contribution < 1.29 is 14.6 Å². The number of hydrogen-bond acceptors (Lipinski definition) is 4. The molecule has 0 aromatic heterocycles. The quantitative estimate of drug-likeness (QED) is 0.516. The number of benzene rings is 3. The molecule has 2 N–H and O–H groups in total. The van der Waals surface area contributed by atoms with Gasteiger partial charge in [0.15, 0.2) is 0 Å². The molecule has 3 aromatic carbocycles. The molecular formula is C27H30N2O3. The third kappa shape index (κ3) is 5.55. The lowest BCUT2D eigenvalue weighted by atomic mass is 10.1. The van der Waals surface area contributed by atoms with E-state index in [0.717, 1.165) is 60.3 Å². The van der Waals surface area contributed by atoms with Crippen LogP contribution in [-0.2, 0) is 0 Å². The van der Waals surface area contributed by atoms with Gasteiger partial charge in [0.1, 0.15) is 12.4 Å². The average molecular weight is 431 g/mol. The third-order valence-corrected chi connectivity index (χ3v) is 6.03. The Hall–Kier alpha value is -3.15. The predicted molar refractivity (Wildman–Crippen MR) is 129 cm³/mol. The van der Waals surface area contributed by atoms with E-state index in [1.54, 1.807) is 12.1 Å². The van der Waals surface area contributed by atoms with Crippen LogP contribution in [0, 0.1) is 0 Å². The molecular weight excluding hydrogens is 400 g/mol. The van der Waals surface area contributed by atoms with Crippen LogP contribution >= 0.6 is 0 Å². The Bertz CT molecular complexity index is 1090. The molecule has 166 valence electrons. The number of carboxylic acids is 1. The van der Waals surface area contributed by atoms with Gasteiger partial charge < -0.3 is 20.1 Å². The summed E-state index contributed by atoms with van der Waals surface area (Å²) in [6, 6.07) is 21.8. The molecule has 1 atom stereocenters. The summed E-state index contributed by atoms with van der Waals surface area (Å²) in [5.74, 6) is -0.0447. The van der Waals surface area contributed by atoms with Crippen LogP contribution in [0.25, 0.3) is 16.8 Å². The van der Waals surface area contributed by atoms with Gasteiger partial charge in [0.05, 0.1) is 5.56 Å². The van der Waals surface area contributed by atoms with Crippen LogP contribution in [0.1, 0.15) is 29.3 Å². The molecule has 0 aliphatic carbocycles. The van der Waals surface area contributed by atoms with E-state index in [-0.39, 0.29) is 0 Å². The maximum atomic E-state index is 11.2. The summed E-state index contributed by atoms with van der Waals surface area (Å²) in [7, 11) is 0. The van der Waals surface area contributed by atoms with Crippen molar-refractivity contribution >= 4 is 22.8 Å². The minimum absolute atomic E-state index is 0.291. The molecule has 0 bridgehead atoms. The van der Waals surface area contributed by atoms with E-state index in [1.165, 1.54) is 0 Å². The Labute approximate surface area is 189 Å². The fraction of sp³-hybridized carbons (Fsp3) is 0.296. The number of nitrogens with one attached hydrogen (secondary N) is 1. The van der Waals surface area contributed by atoms with Crippen LogP contribution in [0.5, 0.6) is 5.75 Å². The molecule has 1 aliphatic rings. The molecule has 1 heterocycles. The van der Waals surface area contributed by atoms with Crippen molar-refractivity contribution in [2.75, 3.05) is 32.8 Å². The predicted octanol–water partition coefficient (Wildman–Crippen LogP) is 4.68. The third-order valence-electron chi connectivity index (χ3n) is 6.03. The van der Waals surface area contributed by atoms with Crippen molar-refractivity contribution in [1.82, 2.24) is 10.2 Å². The lowest BCUT2D eigenvalue weighted by molar-refractivity contribution is 0.0697. The number of ether oxygens (including phenoxy) is 1. The Kier molecular flexibility index (Phi) is 7.20. The SMILES string of the molecule is CCN1CCC(NCC(=Cc2ccc(C(=O)O)cc2)COc2cccc3ccccc23)C1. The van der Waals surface area contributed by atoms with E-state index in [9.17, 15) is 4.79 Å². The van der Waals surface area contributed by atoms with Gasteiger partial charge in [0.25, 0.3) is 0 Å². The van der Waals surface area contributed by atoms with Gasteiger partial charge in [-0.05, 0) is 54.2 Å². The van der Waals surface area contributed by atoms with Crippen LogP contribution in [0.3, 0.4) is 0 Å². The topological polar surface area (TPSA) is 61.8 Å². The molecule has 3 aromatic rings. The number of carbonyl (C=O) groups is 1. The van der Waals surface area contributed by atoms with Crippen LogP contribution in [0.4, 0.5) is 0 Å². The monoisotopic (exact) mass is 430 g/mol. The van der Waals surface area contributed by atoms with Gasteiger partial charge >= 0.3 is 5.97 Å². The van der Waals surface area contributed by atoms with E-state index >= 15 is 0 Å². The molecule has 1 fully saturated rings. The van der Waals surface area contributed by atoms with Gasteiger partial charge in [-0.15, -0.1) is 0 Å². The standard InChI is InChI=1S/C27H30N2O3/c1-2-29-15-14-24(18-29)28-17-21(16-20-10-12-23(13-11-20)27(30)31)19-32-26-9-5-7-22-6-3-4-8-25(22)26/h3-13,16,24,28H,2,14-15,17-19H2,1H3,(H,30,31). The minimum atomic E-state index is -0.913. The first kappa shape index (κ1) is 22.1. The summed E-state index contributed by atoms with van der Waals surface area (Å²) in [5.41, 5.74) is 2.38. The Morgan fingerprint density at radius 1 is 1.12 bits per heavy atom. The fourth-order valence-corrected chi connectivity index (χ4v) is 4.16. The van der Waals surface area contributed by atoms with E-state index in [1.807, 2.05) is 36.4 Å². The van der Waals surface area contributed by atoms with Crippen LogP contribution < -0.4 is 10.1 Å². The first-order chi connectivity index (χ1) is 15.6. The van der Waals surface area contributed by atoms with Crippen molar-refractivity contribution in [3.05, 3.63) is 83.4 Å². The van der Waals surface area contributed by atoms with Gasteiger partial charge in [-0.25, -0.2) is 4.79 Å². The number of carboxylic acid groups (broad SMARTS) is 1. The smallest absolute Gasteiger partial charge is 0.335 e. The van der Waals surface area contributed by atoms with Crippen molar-refractivity contribution in [2.45, 2.75) is 19.4 Å². The number of nitrogens with zero attached hydrogens (tertiary/aromatic N) is 1. The van der Waals surface area contributed by atoms with E-state index in [4.69, 9.17) is 9.84 Å². The second-order valence-electron chi connectivity index (χ2n) is 8.26. The summed E-state index contributed by atoms with van der Waals surface area (Å²) in [4.78, 5) is 13.6. The van der Waals surface area contributed by atoms with Crippen molar-refractivity contribution in [2.24, 2.45) is 0 Å². The minimum Gasteiger partial charge on any atom is -0.489 e. The molecule has 1 saturated heterocycles. The number of rotatable bonds is 9. The Morgan fingerprint density at radius 3 is 2.66 bits per heavy atom. The summed E-state index contributed by atoms with van der Waals surface area (Å²) in [5, 5.41) is 15.1. The lowest BCUT2D eigenvalue weighted by Gasteiger charge is -2.17. The fourth-order valence-electron chi connectivity index (χ4n) is 4.16. The summed E-state index contributed by atoms with van der Waals surface area (Å²) in [6.07, 6.45) is 3.24. The molecule has 0 amide bonds. The molecule has 5 heteroatoms. The maximum absolute atomic E-state index is 11.2. The van der Waals surface area contributed by atoms with E-state index < -0.39 is 5.97 Å². The Morgan fingerprint density at radius 2 is 1.91 bits per heavy atom. The van der Waals surface area contributed by atoms with Crippen LogP contribution in [0.2, 0.25) is 0 Å². The van der Waals surface area contributed by atoms with Crippen molar-refractivity contribution in [3.8, 4) is 5.75 Å². The molecule has 5 nitrogen and oxygen atoms in total. The second-order valence-corrected chi connectivity index (χ2v) is 8.26. The Balaban J connectivity index is 1.50. The number of fused-ring (bicyclic) bond motifs is 1. The number of likely N-dealkylation sites (N-methyl/N-ethyl adjacent to an activating group) is 1. The highest BCUT2D eigenvalue weighted by molar-refractivity contribution is 5.88. The first-order valence-corrected chi connectivity index (χ1v) is 11.2. The highest BCUT2D eigenvalue weighted by Gasteiger charge is 2.20. The average Bonchev–Trinajstić information content (AvgIpc) is 3.29. The zero-order valence-electron chi connectivity index (χ0n) is 18.5. The zero-order chi connectivity index (χ0) is 22.3. The van der Waals surface area contributed by atoms with Crippen LogP contribution in [-0.4, -0.2) is 54.8 Å². The molecule has 0 spiro atoms. The van der Waals surface area contributed by atoms with Crippen molar-refractivity contribution in [1.29, 1.82) is 0 Å². The highest BCUT2D eigenvalue weighted by Crippen LogP contribution is 2.25. The molecule has 1 aliphatic heterocycles. The molecule has 32 heavy (non-hydrogen) atoms. The largest absolute Gasteiger partial charge is 0.489 e. The maximum Gasteiger partial charge on any atom is 0.335 e. The van der Waals surface area contributed by atoms with Gasteiger partial charge in [-0.1, -0.05) is 61.5 Å². The molecule has 0 radical (unpaired) electrons. The lowest BCUT2D eigenvalue weighted by Crippen LogP contribution is -2.34. The van der Waals surface area contributed by atoms with Crippen molar-refractivity contribution in [3.63, 3.8) is 0 Å². The van der Waals surface area contributed by atoms with E-state index in [0.29, 0.717) is 18.2 Å². The molecule has 4 rings (SSSR count). The number of aromatic carboxylic acids is 1. The van der Waals surface area contributed by atoms with Gasteiger partial charge in [-0.3, -0.25) is 0 Å². The normalized spacial score (nSPS) is 17.0. The summed E-state index contributed by atoms with van der Waals surface area (Å²) in [6.45, 7) is 6.69. The van der Waals surface area contributed by atoms with Crippen LogP contribution in [0.15, 0.2) is 72.3 Å². The number of hydrogen-bond donors (Lipinski definition) is 2. The molecule has 0 saturated carbocycles. The van der Waals surface area contributed by atoms with Gasteiger partial charge in [0, 0.05) is 24.5 Å². The summed E-state index contributed by atoms with van der Waals surface area (Å²) < 4.78 is 6.26. The molecule has 1 unspecified atom stereocenters.